The number of nitrogens with one attached hydrogen (secondary N) is 1. The first-order valence-electron chi connectivity index (χ1n) is 7.69. The molecule has 0 aromatic heterocycles. The van der Waals surface area contributed by atoms with Gasteiger partial charge in [0.05, 0.1) is 26.9 Å². The van der Waals surface area contributed by atoms with Crippen molar-refractivity contribution in [1.29, 1.82) is 0 Å². The van der Waals surface area contributed by atoms with E-state index in [4.69, 9.17) is 23.2 Å². The van der Waals surface area contributed by atoms with E-state index in [9.17, 15) is 9.59 Å². The molecule has 2 amide bonds. The van der Waals surface area contributed by atoms with Crippen LogP contribution in [0.5, 0.6) is 0 Å². The zero-order valence-electron chi connectivity index (χ0n) is 13.1. The normalized spacial score (nSPS) is 13.1. The summed E-state index contributed by atoms with van der Waals surface area (Å²) in [6.07, 6.45) is 0.872. The standard InChI is InChI=1S/C18H16Cl2N2O2/c1-2-9-22-10-11-5-3-6-12(15(11)18(22)24)17(23)21-16-13(19)7-4-8-14(16)20/h3-8H,2,9-10H2,1H3,(H,21,23). The fraction of sp³-hybridized carbons (Fsp3) is 0.222. The summed E-state index contributed by atoms with van der Waals surface area (Å²) >= 11 is 12.2. The van der Waals surface area contributed by atoms with E-state index >= 15 is 0 Å². The predicted octanol–water partition coefficient (Wildman–Crippen LogP) is 4.61. The van der Waals surface area contributed by atoms with Gasteiger partial charge < -0.3 is 10.2 Å². The van der Waals surface area contributed by atoms with Crippen LogP contribution >= 0.6 is 23.2 Å². The zero-order chi connectivity index (χ0) is 17.3. The summed E-state index contributed by atoms with van der Waals surface area (Å²) in [6, 6.07) is 10.3. The van der Waals surface area contributed by atoms with Crippen LogP contribution in [0.3, 0.4) is 0 Å². The van der Waals surface area contributed by atoms with Crippen LogP contribution in [-0.2, 0) is 6.54 Å². The van der Waals surface area contributed by atoms with Crippen molar-refractivity contribution >= 4 is 40.7 Å². The lowest BCUT2D eigenvalue weighted by Gasteiger charge is -2.14. The van der Waals surface area contributed by atoms with Crippen LogP contribution in [0.15, 0.2) is 36.4 Å². The predicted molar refractivity (Wildman–Crippen MR) is 95.9 cm³/mol. The molecule has 1 N–H and O–H groups in total. The number of fused-ring (bicyclic) bond motifs is 1. The Morgan fingerprint density at radius 3 is 2.50 bits per heavy atom. The van der Waals surface area contributed by atoms with Crippen molar-refractivity contribution in [2.24, 2.45) is 0 Å². The molecule has 0 bridgehead atoms. The Bertz CT molecular complexity index is 800. The maximum Gasteiger partial charge on any atom is 0.256 e. The van der Waals surface area contributed by atoms with E-state index in [1.54, 1.807) is 35.2 Å². The van der Waals surface area contributed by atoms with E-state index in [-0.39, 0.29) is 5.91 Å². The summed E-state index contributed by atoms with van der Waals surface area (Å²) in [5, 5.41) is 3.42. The number of halogens is 2. The minimum Gasteiger partial charge on any atom is -0.334 e. The van der Waals surface area contributed by atoms with Crippen LogP contribution in [0, 0.1) is 0 Å². The fourth-order valence-electron chi connectivity index (χ4n) is 2.86. The van der Waals surface area contributed by atoms with Gasteiger partial charge in [0.2, 0.25) is 0 Å². The lowest BCUT2D eigenvalue weighted by Crippen LogP contribution is -2.26. The summed E-state index contributed by atoms with van der Waals surface area (Å²) in [6.45, 7) is 3.23. The van der Waals surface area contributed by atoms with Crippen molar-refractivity contribution in [1.82, 2.24) is 4.90 Å². The number of benzene rings is 2. The molecule has 2 aromatic rings. The van der Waals surface area contributed by atoms with Crippen molar-refractivity contribution < 1.29 is 9.59 Å². The Labute approximate surface area is 150 Å². The van der Waals surface area contributed by atoms with Crippen molar-refractivity contribution in [2.45, 2.75) is 19.9 Å². The van der Waals surface area contributed by atoms with Crippen LogP contribution in [0.1, 0.15) is 39.6 Å². The lowest BCUT2D eigenvalue weighted by molar-refractivity contribution is 0.0774. The number of rotatable bonds is 4. The number of hydrogen-bond donors (Lipinski definition) is 1. The van der Waals surface area contributed by atoms with Gasteiger partial charge in [-0.05, 0) is 30.2 Å². The Morgan fingerprint density at radius 2 is 1.83 bits per heavy atom. The third-order valence-electron chi connectivity index (χ3n) is 3.95. The van der Waals surface area contributed by atoms with Gasteiger partial charge in [0.25, 0.3) is 11.8 Å². The highest BCUT2D eigenvalue weighted by molar-refractivity contribution is 6.40. The molecular weight excluding hydrogens is 347 g/mol. The first kappa shape index (κ1) is 16.8. The largest absolute Gasteiger partial charge is 0.334 e. The van der Waals surface area contributed by atoms with Crippen molar-refractivity contribution in [3.8, 4) is 0 Å². The van der Waals surface area contributed by atoms with Gasteiger partial charge in [-0.25, -0.2) is 0 Å². The van der Waals surface area contributed by atoms with Gasteiger partial charge >= 0.3 is 0 Å². The third-order valence-corrected chi connectivity index (χ3v) is 4.58. The highest BCUT2D eigenvalue weighted by Gasteiger charge is 2.31. The Kier molecular flexibility index (Phi) is 4.78. The monoisotopic (exact) mass is 362 g/mol. The minimum atomic E-state index is -0.395. The molecule has 0 fully saturated rings. The molecule has 1 heterocycles. The van der Waals surface area contributed by atoms with Crippen molar-refractivity contribution in [2.75, 3.05) is 11.9 Å². The second-order valence-electron chi connectivity index (χ2n) is 5.62. The van der Waals surface area contributed by atoms with Crippen LogP contribution in [0.25, 0.3) is 0 Å². The van der Waals surface area contributed by atoms with E-state index in [2.05, 4.69) is 5.32 Å². The van der Waals surface area contributed by atoms with Gasteiger partial charge in [-0.2, -0.15) is 0 Å². The molecule has 1 aliphatic rings. The molecule has 4 nitrogen and oxygen atoms in total. The first-order chi connectivity index (χ1) is 11.5. The smallest absolute Gasteiger partial charge is 0.256 e. The number of carbonyl (C=O) groups excluding carboxylic acids is 2. The van der Waals surface area contributed by atoms with Crippen molar-refractivity contribution in [3.63, 3.8) is 0 Å². The summed E-state index contributed by atoms with van der Waals surface area (Å²) in [7, 11) is 0. The van der Waals surface area contributed by atoms with E-state index in [0.29, 0.717) is 39.9 Å². The van der Waals surface area contributed by atoms with Gasteiger partial charge in [0, 0.05) is 13.1 Å². The average Bonchev–Trinajstić information content (AvgIpc) is 2.88. The van der Waals surface area contributed by atoms with E-state index < -0.39 is 5.91 Å². The molecule has 2 aromatic carbocycles. The fourth-order valence-corrected chi connectivity index (χ4v) is 3.35. The maximum absolute atomic E-state index is 12.7. The molecule has 0 radical (unpaired) electrons. The second-order valence-corrected chi connectivity index (χ2v) is 6.43. The summed E-state index contributed by atoms with van der Waals surface area (Å²) in [5.41, 5.74) is 2.02. The van der Waals surface area contributed by atoms with E-state index in [1.165, 1.54) is 0 Å². The average molecular weight is 363 g/mol. The Hall–Kier alpha value is -2.04. The minimum absolute atomic E-state index is 0.108. The first-order valence-corrected chi connectivity index (χ1v) is 8.45. The van der Waals surface area contributed by atoms with Crippen molar-refractivity contribution in [3.05, 3.63) is 63.1 Å². The molecule has 3 rings (SSSR count). The van der Waals surface area contributed by atoms with Crippen LogP contribution in [0.4, 0.5) is 5.69 Å². The highest BCUT2D eigenvalue weighted by atomic mass is 35.5. The Morgan fingerprint density at radius 1 is 1.17 bits per heavy atom. The number of carbonyl (C=O) groups is 2. The molecule has 0 unspecified atom stereocenters. The van der Waals surface area contributed by atoms with Crippen LogP contribution in [0.2, 0.25) is 10.0 Å². The molecule has 0 aliphatic carbocycles. The van der Waals surface area contributed by atoms with Gasteiger partial charge in [0.1, 0.15) is 0 Å². The Balaban J connectivity index is 1.94. The number of nitrogens with zero attached hydrogens (tertiary/aromatic N) is 1. The molecular formula is C18H16Cl2N2O2. The third kappa shape index (κ3) is 2.99. The van der Waals surface area contributed by atoms with E-state index in [0.717, 1.165) is 12.0 Å². The van der Waals surface area contributed by atoms with Crippen LogP contribution in [-0.4, -0.2) is 23.3 Å². The SMILES string of the molecule is CCCN1Cc2cccc(C(=O)Nc3c(Cl)cccc3Cl)c2C1=O. The van der Waals surface area contributed by atoms with Crippen LogP contribution < -0.4 is 5.32 Å². The van der Waals surface area contributed by atoms with Gasteiger partial charge in [-0.15, -0.1) is 0 Å². The van der Waals surface area contributed by atoms with E-state index in [1.807, 2.05) is 13.0 Å². The second kappa shape index (κ2) is 6.83. The lowest BCUT2D eigenvalue weighted by atomic mass is 10.0. The van der Waals surface area contributed by atoms with Gasteiger partial charge in [-0.1, -0.05) is 48.3 Å². The topological polar surface area (TPSA) is 49.4 Å². The number of hydrogen-bond acceptors (Lipinski definition) is 2. The molecule has 0 spiro atoms. The summed E-state index contributed by atoms with van der Waals surface area (Å²) in [5.74, 6) is -0.503. The number of amides is 2. The number of anilines is 1. The highest BCUT2D eigenvalue weighted by Crippen LogP contribution is 2.32. The maximum atomic E-state index is 12.7. The molecule has 0 saturated carbocycles. The molecule has 0 atom stereocenters. The molecule has 0 saturated heterocycles. The quantitative estimate of drug-likeness (QED) is 0.862. The molecule has 24 heavy (non-hydrogen) atoms. The summed E-state index contributed by atoms with van der Waals surface area (Å²) in [4.78, 5) is 27.0. The number of para-hydroxylation sites is 1. The molecule has 6 heteroatoms. The van der Waals surface area contributed by atoms with Gasteiger partial charge in [0.15, 0.2) is 0 Å². The summed E-state index contributed by atoms with van der Waals surface area (Å²) < 4.78 is 0. The molecule has 1 aliphatic heterocycles. The van der Waals surface area contributed by atoms with Gasteiger partial charge in [-0.3, -0.25) is 9.59 Å². The zero-order valence-corrected chi connectivity index (χ0v) is 14.6. The molecule has 124 valence electrons.